The molecule has 0 radical (unpaired) electrons. The minimum absolute atomic E-state index is 0.369. The van der Waals surface area contributed by atoms with E-state index in [0.717, 1.165) is 22.0 Å². The Kier molecular flexibility index (Phi) is 5.28. The van der Waals surface area contributed by atoms with Crippen LogP contribution in [0.5, 0.6) is 0 Å². The molecule has 0 aromatic heterocycles. The lowest BCUT2D eigenvalue weighted by Gasteiger charge is -2.31. The zero-order valence-electron chi connectivity index (χ0n) is 21.9. The fourth-order valence-corrected chi connectivity index (χ4v) is 6.34. The number of hydrogen-bond acceptors (Lipinski definition) is 6. The second-order valence-corrected chi connectivity index (χ2v) is 10.1. The van der Waals surface area contributed by atoms with E-state index in [4.69, 9.17) is 9.47 Å². The summed E-state index contributed by atoms with van der Waals surface area (Å²) in [6.45, 7) is 0. The first kappa shape index (κ1) is 24.1. The molecule has 0 unspecified atom stereocenters. The van der Waals surface area contributed by atoms with E-state index in [1.54, 1.807) is 62.8 Å². The van der Waals surface area contributed by atoms with E-state index < -0.39 is 11.8 Å². The smallest absolute Gasteiger partial charge is 0.265 e. The SMILES string of the molecule is COC1=c2cccc3c2=C(CC1)C(=O)N(c1ccc(N2C(=O)C4=c5c(cccc5=C(OC)CC4)C2=O)cc1)C3=O. The molecule has 4 aliphatic rings. The van der Waals surface area contributed by atoms with Crippen LogP contribution in [-0.4, -0.2) is 37.8 Å². The zero-order valence-corrected chi connectivity index (χ0v) is 21.9. The fraction of sp³-hybridized carbons (Fsp3) is 0.188. The van der Waals surface area contributed by atoms with Crippen LogP contribution in [0.1, 0.15) is 46.4 Å². The molecular weight excluding hydrogens is 508 g/mol. The van der Waals surface area contributed by atoms with Crippen molar-refractivity contribution in [2.24, 2.45) is 0 Å². The summed E-state index contributed by atoms with van der Waals surface area (Å²) in [4.78, 5) is 56.7. The van der Waals surface area contributed by atoms with Crippen molar-refractivity contribution in [2.45, 2.75) is 25.7 Å². The molecule has 0 atom stereocenters. The first-order valence-corrected chi connectivity index (χ1v) is 13.1. The summed E-state index contributed by atoms with van der Waals surface area (Å²) in [6, 6.07) is 17.2. The topological polar surface area (TPSA) is 93.2 Å². The maximum atomic E-state index is 13.6. The molecule has 3 aromatic carbocycles. The van der Waals surface area contributed by atoms with Gasteiger partial charge in [0.2, 0.25) is 0 Å². The first-order chi connectivity index (χ1) is 19.4. The predicted octanol–water partition coefficient (Wildman–Crippen LogP) is 1.46. The highest BCUT2D eigenvalue weighted by Gasteiger charge is 2.37. The van der Waals surface area contributed by atoms with Gasteiger partial charge in [0.05, 0.1) is 25.6 Å². The second kappa shape index (κ2) is 8.77. The third kappa shape index (κ3) is 3.19. The molecular formula is C32H24N2O6. The number of rotatable bonds is 4. The number of amides is 4. The highest BCUT2D eigenvalue weighted by molar-refractivity contribution is 6.37. The first-order valence-electron chi connectivity index (χ1n) is 13.1. The van der Waals surface area contributed by atoms with E-state index in [1.165, 1.54) is 9.80 Å². The Morgan fingerprint density at radius 3 is 1.30 bits per heavy atom. The number of imide groups is 2. The van der Waals surface area contributed by atoms with Gasteiger partial charge in [0.15, 0.2) is 0 Å². The monoisotopic (exact) mass is 532 g/mol. The number of benzene rings is 3. The summed E-state index contributed by atoms with van der Waals surface area (Å²) in [5.41, 5.74) is 2.77. The number of nitrogens with zero attached hydrogens (tertiary/aromatic N) is 2. The summed E-state index contributed by atoms with van der Waals surface area (Å²) in [5.74, 6) is -0.0771. The molecule has 2 aliphatic heterocycles. The molecule has 0 N–H and O–H groups in total. The van der Waals surface area contributed by atoms with Gasteiger partial charge in [0, 0.05) is 56.0 Å². The van der Waals surface area contributed by atoms with Gasteiger partial charge >= 0.3 is 0 Å². The molecule has 0 fully saturated rings. The molecule has 8 heteroatoms. The number of methoxy groups -OCH3 is 2. The average Bonchev–Trinajstić information content (AvgIpc) is 2.99. The van der Waals surface area contributed by atoms with Crippen molar-refractivity contribution >= 4 is 57.7 Å². The third-order valence-electron chi connectivity index (χ3n) is 8.19. The summed E-state index contributed by atoms with van der Waals surface area (Å²) in [6.07, 6.45) is 2.07. The molecule has 0 saturated heterocycles. The van der Waals surface area contributed by atoms with Crippen molar-refractivity contribution in [2.75, 3.05) is 24.0 Å². The van der Waals surface area contributed by atoms with Crippen LogP contribution in [0.25, 0.3) is 22.7 Å². The van der Waals surface area contributed by atoms with Gasteiger partial charge in [-0.1, -0.05) is 24.3 Å². The van der Waals surface area contributed by atoms with Gasteiger partial charge in [-0.15, -0.1) is 0 Å². The second-order valence-electron chi connectivity index (χ2n) is 10.1. The van der Waals surface area contributed by atoms with E-state index >= 15 is 0 Å². The van der Waals surface area contributed by atoms with Crippen LogP contribution < -0.4 is 30.7 Å². The van der Waals surface area contributed by atoms with E-state index in [2.05, 4.69) is 0 Å². The molecule has 4 amide bonds. The number of carbonyl (C=O) groups excluding carboxylic acids is 4. The Labute approximate surface area is 228 Å². The number of anilines is 2. The van der Waals surface area contributed by atoms with Gasteiger partial charge in [0.1, 0.15) is 11.5 Å². The van der Waals surface area contributed by atoms with Gasteiger partial charge in [-0.2, -0.15) is 0 Å². The Morgan fingerprint density at radius 2 is 0.925 bits per heavy atom. The van der Waals surface area contributed by atoms with Gasteiger partial charge in [0.25, 0.3) is 23.6 Å². The molecule has 3 aromatic rings. The average molecular weight is 533 g/mol. The summed E-state index contributed by atoms with van der Waals surface area (Å²) < 4.78 is 11.0. The van der Waals surface area contributed by atoms with Crippen LogP contribution in [0.4, 0.5) is 11.4 Å². The molecule has 8 nitrogen and oxygen atoms in total. The van der Waals surface area contributed by atoms with Gasteiger partial charge in [-0.05, 0) is 49.2 Å². The fourth-order valence-electron chi connectivity index (χ4n) is 6.34. The predicted molar refractivity (Wildman–Crippen MR) is 148 cm³/mol. The molecule has 0 bridgehead atoms. The largest absolute Gasteiger partial charge is 0.500 e. The third-order valence-corrected chi connectivity index (χ3v) is 8.19. The Bertz CT molecular complexity index is 1810. The van der Waals surface area contributed by atoms with E-state index in [0.29, 0.717) is 69.8 Å². The lowest BCUT2D eigenvalue weighted by Crippen LogP contribution is -2.52. The lowest BCUT2D eigenvalue weighted by molar-refractivity contribution is -0.114. The summed E-state index contributed by atoms with van der Waals surface area (Å²) in [7, 11) is 3.19. The molecule has 2 aliphatic carbocycles. The molecule has 7 rings (SSSR count). The van der Waals surface area contributed by atoms with Crippen LogP contribution in [0.3, 0.4) is 0 Å². The van der Waals surface area contributed by atoms with E-state index in [-0.39, 0.29) is 11.8 Å². The van der Waals surface area contributed by atoms with Crippen molar-refractivity contribution in [3.8, 4) is 0 Å². The number of ether oxygens (including phenoxy) is 2. The summed E-state index contributed by atoms with van der Waals surface area (Å²) >= 11 is 0. The standard InChI is InChI=1S/C32H24N2O6/c1-39-25-15-13-23-27-19(25)5-3-7-21(27)29(35)33(31(23)37)17-9-11-18(12-10-17)34-30(36)22-8-4-6-20-26(40-2)16-14-24(28(20)22)32(34)38/h3-12H,13-16H2,1-2H3. The van der Waals surface area contributed by atoms with E-state index in [1.807, 2.05) is 12.1 Å². The van der Waals surface area contributed by atoms with Crippen LogP contribution in [0, 0.1) is 0 Å². The molecule has 0 saturated carbocycles. The van der Waals surface area contributed by atoms with E-state index in [9.17, 15) is 19.2 Å². The molecule has 40 heavy (non-hydrogen) atoms. The normalized spacial score (nSPS) is 17.8. The van der Waals surface area contributed by atoms with Crippen LogP contribution in [-0.2, 0) is 19.1 Å². The van der Waals surface area contributed by atoms with Gasteiger partial charge in [-0.25, -0.2) is 9.80 Å². The van der Waals surface area contributed by atoms with Crippen LogP contribution >= 0.6 is 0 Å². The van der Waals surface area contributed by atoms with Crippen molar-refractivity contribution < 1.29 is 28.7 Å². The van der Waals surface area contributed by atoms with Crippen LogP contribution in [0.15, 0.2) is 60.7 Å². The molecule has 0 spiro atoms. The molecule has 198 valence electrons. The van der Waals surface area contributed by atoms with Gasteiger partial charge < -0.3 is 9.47 Å². The Morgan fingerprint density at radius 1 is 0.525 bits per heavy atom. The zero-order chi connectivity index (χ0) is 27.7. The summed E-state index contributed by atoms with van der Waals surface area (Å²) in [5, 5.41) is 2.85. The van der Waals surface area contributed by atoms with Crippen LogP contribution in [0.2, 0.25) is 0 Å². The van der Waals surface area contributed by atoms with Crippen molar-refractivity contribution in [3.63, 3.8) is 0 Å². The lowest BCUT2D eigenvalue weighted by atomic mass is 9.90. The van der Waals surface area contributed by atoms with Crippen molar-refractivity contribution in [1.82, 2.24) is 0 Å². The highest BCUT2D eigenvalue weighted by atomic mass is 16.5. The maximum absolute atomic E-state index is 13.6. The van der Waals surface area contributed by atoms with Gasteiger partial charge in [-0.3, -0.25) is 19.2 Å². The quantitative estimate of drug-likeness (QED) is 0.473. The molecule has 2 heterocycles. The number of carbonyl (C=O) groups is 4. The Balaban J connectivity index is 1.28. The van der Waals surface area contributed by atoms with Crippen molar-refractivity contribution in [1.29, 1.82) is 0 Å². The maximum Gasteiger partial charge on any atom is 0.265 e. The number of hydrogen-bond donors (Lipinski definition) is 0. The van der Waals surface area contributed by atoms with Crippen molar-refractivity contribution in [3.05, 3.63) is 92.7 Å². The Hall–Kier alpha value is -4.98. The minimum Gasteiger partial charge on any atom is -0.500 e. The highest BCUT2D eigenvalue weighted by Crippen LogP contribution is 2.31. The minimum atomic E-state index is -0.426.